The molecule has 0 N–H and O–H groups in total. The second kappa shape index (κ2) is 5.38. The molecule has 2 rings (SSSR count). The van der Waals surface area contributed by atoms with Crippen LogP contribution in [0.4, 0.5) is 0 Å². The summed E-state index contributed by atoms with van der Waals surface area (Å²) in [6, 6.07) is 11.3. The number of hydrogen-bond donors (Lipinski definition) is 0. The van der Waals surface area contributed by atoms with E-state index in [1.165, 1.54) is 6.20 Å². The summed E-state index contributed by atoms with van der Waals surface area (Å²) in [5.74, 6) is 0.361. The van der Waals surface area contributed by atoms with Crippen LogP contribution in [0.5, 0.6) is 5.75 Å². The van der Waals surface area contributed by atoms with Gasteiger partial charge in [-0.1, -0.05) is 30.3 Å². The van der Waals surface area contributed by atoms with Crippen LogP contribution in [0.3, 0.4) is 0 Å². The fourth-order valence-electron chi connectivity index (χ4n) is 1.34. The number of pyridine rings is 1. The molecular weight excluding hydrogens is 305 g/mol. The fraction of sp³-hybridized carbons (Fsp3) is 0.0833. The lowest BCUT2D eigenvalue weighted by molar-refractivity contribution is -0.604. The lowest BCUT2D eigenvalue weighted by Crippen LogP contribution is -2.27. The average molecular weight is 315 g/mol. The number of ether oxygens (including phenoxy) is 1. The van der Waals surface area contributed by atoms with Crippen LogP contribution in [0.2, 0.25) is 5.15 Å². The Bertz CT molecular complexity index is 519. The Labute approximate surface area is 112 Å². The van der Waals surface area contributed by atoms with Crippen molar-refractivity contribution in [3.63, 3.8) is 0 Å². The molecule has 0 bridgehead atoms. The molecule has 0 aliphatic rings. The Hall–Kier alpha value is -1.26. The first-order valence-electron chi connectivity index (χ1n) is 4.92. The van der Waals surface area contributed by atoms with E-state index >= 15 is 0 Å². The van der Waals surface area contributed by atoms with E-state index in [9.17, 15) is 5.21 Å². The summed E-state index contributed by atoms with van der Waals surface area (Å²) in [6.45, 7) is 0.372. The van der Waals surface area contributed by atoms with Crippen LogP contribution < -0.4 is 9.47 Å². The molecule has 0 aliphatic heterocycles. The maximum absolute atomic E-state index is 11.3. The van der Waals surface area contributed by atoms with Crippen molar-refractivity contribution in [1.82, 2.24) is 0 Å². The Morgan fingerprint density at radius 3 is 2.71 bits per heavy atom. The molecule has 0 saturated carbocycles. The molecule has 1 heterocycles. The predicted octanol–water partition coefficient (Wildman–Crippen LogP) is 3.31. The maximum atomic E-state index is 11.3. The molecule has 88 valence electrons. The first-order chi connectivity index (χ1) is 8.16. The largest absolute Gasteiger partial charge is 0.618 e. The van der Waals surface area contributed by atoms with Crippen molar-refractivity contribution in [1.29, 1.82) is 0 Å². The highest BCUT2D eigenvalue weighted by Gasteiger charge is 2.13. The summed E-state index contributed by atoms with van der Waals surface area (Å²) in [5, 5.41) is 11.4. The van der Waals surface area contributed by atoms with Gasteiger partial charge in [0, 0.05) is 6.07 Å². The Balaban J connectivity index is 2.14. The molecule has 17 heavy (non-hydrogen) atoms. The first-order valence-corrected chi connectivity index (χ1v) is 6.09. The van der Waals surface area contributed by atoms with Crippen molar-refractivity contribution in [3.05, 3.63) is 63.0 Å². The molecule has 0 spiro atoms. The van der Waals surface area contributed by atoms with Crippen molar-refractivity contribution in [2.24, 2.45) is 0 Å². The smallest absolute Gasteiger partial charge is 0.328 e. The number of aromatic nitrogens is 1. The molecule has 1 aromatic carbocycles. The standard InChI is InChI=1S/C12H9BrClNO2/c13-10-6-11(12(14)15(16)7-10)17-8-9-4-2-1-3-5-9/h1-7H,8H2. The van der Waals surface area contributed by atoms with E-state index in [1.807, 2.05) is 30.3 Å². The number of rotatable bonds is 3. The summed E-state index contributed by atoms with van der Waals surface area (Å²) in [6.07, 6.45) is 1.33. The summed E-state index contributed by atoms with van der Waals surface area (Å²) in [5.41, 5.74) is 1.01. The minimum Gasteiger partial charge on any atom is -0.618 e. The van der Waals surface area contributed by atoms with Crippen LogP contribution in [0.1, 0.15) is 5.56 Å². The van der Waals surface area contributed by atoms with Gasteiger partial charge in [0.1, 0.15) is 6.61 Å². The molecule has 0 unspecified atom stereocenters. The SMILES string of the molecule is [O-][n+]1cc(Br)cc(OCc2ccccc2)c1Cl. The van der Waals surface area contributed by atoms with Crippen LogP contribution in [-0.2, 0) is 6.61 Å². The minimum absolute atomic E-state index is 0.0316. The molecule has 0 aliphatic carbocycles. The zero-order valence-electron chi connectivity index (χ0n) is 8.77. The fourth-order valence-corrected chi connectivity index (χ4v) is 1.89. The van der Waals surface area contributed by atoms with Gasteiger partial charge in [-0.3, -0.25) is 0 Å². The second-order valence-corrected chi connectivity index (χ2v) is 4.69. The van der Waals surface area contributed by atoms with Gasteiger partial charge in [-0.25, -0.2) is 0 Å². The Morgan fingerprint density at radius 1 is 1.29 bits per heavy atom. The van der Waals surface area contributed by atoms with Gasteiger partial charge in [0.05, 0.1) is 4.47 Å². The van der Waals surface area contributed by atoms with E-state index in [2.05, 4.69) is 15.9 Å². The van der Waals surface area contributed by atoms with Gasteiger partial charge in [0.15, 0.2) is 6.20 Å². The highest BCUT2D eigenvalue weighted by Crippen LogP contribution is 2.24. The molecule has 0 atom stereocenters. The molecule has 1 aromatic heterocycles. The van der Waals surface area contributed by atoms with Crippen molar-refractivity contribution in [2.75, 3.05) is 0 Å². The van der Waals surface area contributed by atoms with Gasteiger partial charge in [0.25, 0.3) is 0 Å². The molecule has 3 nitrogen and oxygen atoms in total. The summed E-state index contributed by atoms with van der Waals surface area (Å²) < 4.78 is 6.69. The van der Waals surface area contributed by atoms with Gasteiger partial charge >= 0.3 is 5.15 Å². The van der Waals surface area contributed by atoms with Crippen LogP contribution in [-0.4, -0.2) is 0 Å². The van der Waals surface area contributed by atoms with E-state index in [0.717, 1.165) is 5.56 Å². The highest BCUT2D eigenvalue weighted by molar-refractivity contribution is 9.10. The maximum Gasteiger partial charge on any atom is 0.328 e. The molecule has 0 radical (unpaired) electrons. The zero-order chi connectivity index (χ0) is 12.3. The molecule has 5 heteroatoms. The molecule has 0 amide bonds. The normalized spacial score (nSPS) is 10.2. The van der Waals surface area contributed by atoms with Gasteiger partial charge in [-0.2, -0.15) is 4.73 Å². The predicted molar refractivity (Wildman–Crippen MR) is 68.9 cm³/mol. The number of halogens is 2. The number of hydrogen-bond acceptors (Lipinski definition) is 2. The van der Waals surface area contributed by atoms with Gasteiger partial charge in [0.2, 0.25) is 5.75 Å². The Kier molecular flexibility index (Phi) is 3.86. The van der Waals surface area contributed by atoms with Crippen molar-refractivity contribution >= 4 is 27.5 Å². The topological polar surface area (TPSA) is 36.2 Å². The van der Waals surface area contributed by atoms with Crippen LogP contribution >= 0.6 is 27.5 Å². The van der Waals surface area contributed by atoms with Crippen LogP contribution in [0, 0.1) is 5.21 Å². The summed E-state index contributed by atoms with van der Waals surface area (Å²) in [4.78, 5) is 0. The average Bonchev–Trinajstić information content (AvgIpc) is 2.33. The lowest BCUT2D eigenvalue weighted by Gasteiger charge is -2.08. The number of nitrogens with zero attached hydrogens (tertiary/aromatic N) is 1. The third-order valence-electron chi connectivity index (χ3n) is 2.14. The second-order valence-electron chi connectivity index (χ2n) is 3.41. The lowest BCUT2D eigenvalue weighted by atomic mass is 10.2. The monoisotopic (exact) mass is 313 g/mol. The van der Waals surface area contributed by atoms with Gasteiger partial charge in [-0.15, -0.1) is 0 Å². The van der Waals surface area contributed by atoms with E-state index in [0.29, 0.717) is 21.6 Å². The van der Waals surface area contributed by atoms with Crippen LogP contribution in [0.15, 0.2) is 47.1 Å². The van der Waals surface area contributed by atoms with E-state index in [1.54, 1.807) is 6.07 Å². The quantitative estimate of drug-likeness (QED) is 0.495. The van der Waals surface area contributed by atoms with E-state index in [-0.39, 0.29) is 5.15 Å². The molecular formula is C12H9BrClNO2. The van der Waals surface area contributed by atoms with Crippen molar-refractivity contribution in [2.45, 2.75) is 6.61 Å². The van der Waals surface area contributed by atoms with Crippen molar-refractivity contribution < 1.29 is 9.47 Å². The van der Waals surface area contributed by atoms with E-state index < -0.39 is 0 Å². The summed E-state index contributed by atoms with van der Waals surface area (Å²) >= 11 is 9.05. The van der Waals surface area contributed by atoms with Crippen LogP contribution in [0.25, 0.3) is 0 Å². The number of benzene rings is 1. The van der Waals surface area contributed by atoms with Gasteiger partial charge < -0.3 is 9.94 Å². The minimum atomic E-state index is 0.0316. The molecule has 0 saturated heterocycles. The van der Waals surface area contributed by atoms with Gasteiger partial charge in [-0.05, 0) is 33.1 Å². The van der Waals surface area contributed by atoms with Crippen molar-refractivity contribution in [3.8, 4) is 5.75 Å². The molecule has 0 fully saturated rings. The third-order valence-corrected chi connectivity index (χ3v) is 2.93. The van der Waals surface area contributed by atoms with E-state index in [4.69, 9.17) is 16.3 Å². The third kappa shape index (κ3) is 3.11. The Morgan fingerprint density at radius 2 is 2.00 bits per heavy atom. The first kappa shape index (κ1) is 12.2. The summed E-state index contributed by atoms with van der Waals surface area (Å²) in [7, 11) is 0. The highest BCUT2D eigenvalue weighted by atomic mass is 79.9. The molecule has 2 aromatic rings. The zero-order valence-corrected chi connectivity index (χ0v) is 11.1.